The van der Waals surface area contributed by atoms with Crippen LogP contribution in [0.4, 0.5) is 34.1 Å². The van der Waals surface area contributed by atoms with Gasteiger partial charge in [0.25, 0.3) is 5.69 Å². The van der Waals surface area contributed by atoms with Crippen LogP contribution in [-0.4, -0.2) is 47.2 Å². The molecule has 2 aromatic carbocycles. The molecule has 14 nitrogen and oxygen atoms in total. The van der Waals surface area contributed by atoms with Crippen LogP contribution in [-0.2, 0) is 19.1 Å². The van der Waals surface area contributed by atoms with Crippen LogP contribution < -0.4 is 10.2 Å². The van der Waals surface area contributed by atoms with Crippen LogP contribution in [0.5, 0.6) is 0 Å². The molecule has 0 aliphatic rings. The van der Waals surface area contributed by atoms with E-state index in [4.69, 9.17) is 4.74 Å². The van der Waals surface area contributed by atoms with Crippen molar-refractivity contribution in [2.45, 2.75) is 33.6 Å². The minimum atomic E-state index is -0.816. The summed E-state index contributed by atoms with van der Waals surface area (Å²) in [6, 6.07) is 6.77. The number of non-ortho nitro benzene ring substituents is 1. The summed E-state index contributed by atoms with van der Waals surface area (Å²) in [6.45, 7) is 6.15. The van der Waals surface area contributed by atoms with Crippen LogP contribution in [0.1, 0.15) is 33.6 Å². The number of esters is 1. The number of nitrogens with zero attached hydrogens (tertiary/aromatic N) is 5. The van der Waals surface area contributed by atoms with Crippen molar-refractivity contribution < 1.29 is 29.0 Å². The van der Waals surface area contributed by atoms with Gasteiger partial charge in [0, 0.05) is 31.3 Å². The zero-order valence-electron chi connectivity index (χ0n) is 20.8. The van der Waals surface area contributed by atoms with E-state index in [1.165, 1.54) is 6.92 Å². The van der Waals surface area contributed by atoms with Gasteiger partial charge in [-0.3, -0.25) is 34.6 Å². The van der Waals surface area contributed by atoms with Crippen LogP contribution in [0.15, 0.2) is 45.0 Å². The van der Waals surface area contributed by atoms with E-state index in [1.807, 2.05) is 18.7 Å². The fourth-order valence-corrected chi connectivity index (χ4v) is 3.71. The molecule has 2 rings (SSSR count). The van der Waals surface area contributed by atoms with Gasteiger partial charge in [-0.1, -0.05) is 0 Å². The van der Waals surface area contributed by atoms with Gasteiger partial charge >= 0.3 is 11.7 Å². The van der Waals surface area contributed by atoms with Gasteiger partial charge in [0.05, 0.1) is 32.5 Å². The fourth-order valence-electron chi connectivity index (χ4n) is 3.20. The molecule has 202 valence electrons. The van der Waals surface area contributed by atoms with Crippen molar-refractivity contribution in [2.24, 2.45) is 10.2 Å². The third-order valence-electron chi connectivity index (χ3n) is 5.07. The predicted molar refractivity (Wildman–Crippen MR) is 141 cm³/mol. The molecule has 0 heterocycles. The number of benzene rings is 2. The summed E-state index contributed by atoms with van der Waals surface area (Å²) in [5.74, 6) is -1.58. The molecule has 0 aromatic heterocycles. The number of carbonyl (C=O) groups is 3. The molecule has 0 spiro atoms. The second-order valence-electron chi connectivity index (χ2n) is 7.79. The monoisotopic (exact) mass is 592 g/mol. The normalized spacial score (nSPS) is 10.7. The number of halogens is 1. The molecule has 0 saturated heterocycles. The molecule has 0 aliphatic carbocycles. The standard InChI is InChI=1S/C23H25BrN6O8/c1-4-28(5-2)15-6-7-18(19(11-15)25-21(32)8-9-22(33)38-13-14(3)31)26-27-23-17(24)10-16(29(34)35)12-20(23)30(36)37/h6-7,10-12H,4-5,8-9,13H2,1-3H3,(H,25,32)/b27-26+. The molecule has 38 heavy (non-hydrogen) atoms. The number of hydrogen-bond donors (Lipinski definition) is 1. The molecular weight excluding hydrogens is 568 g/mol. The first kappa shape index (κ1) is 30.0. The molecular formula is C23H25BrN6O8. The van der Waals surface area contributed by atoms with Crippen LogP contribution in [0.2, 0.25) is 0 Å². The maximum absolute atomic E-state index is 12.6. The average Bonchev–Trinajstić information content (AvgIpc) is 2.86. The lowest BCUT2D eigenvalue weighted by molar-refractivity contribution is -0.393. The minimum Gasteiger partial charge on any atom is -0.458 e. The van der Waals surface area contributed by atoms with Crippen LogP contribution in [0, 0.1) is 20.2 Å². The van der Waals surface area contributed by atoms with Crippen molar-refractivity contribution in [2.75, 3.05) is 29.9 Å². The van der Waals surface area contributed by atoms with E-state index in [9.17, 15) is 34.6 Å². The molecule has 0 radical (unpaired) electrons. The second-order valence-corrected chi connectivity index (χ2v) is 8.65. The van der Waals surface area contributed by atoms with Crippen LogP contribution in [0.3, 0.4) is 0 Å². The predicted octanol–water partition coefficient (Wildman–Crippen LogP) is 5.38. The zero-order valence-corrected chi connectivity index (χ0v) is 22.4. The Morgan fingerprint density at radius 1 is 1.03 bits per heavy atom. The van der Waals surface area contributed by atoms with Gasteiger partial charge in [0.1, 0.15) is 12.3 Å². The molecule has 0 aliphatic heterocycles. The Hall–Kier alpha value is -4.27. The number of nitro benzene ring substituents is 2. The van der Waals surface area contributed by atoms with Gasteiger partial charge in [-0.15, -0.1) is 10.2 Å². The summed E-state index contributed by atoms with van der Waals surface area (Å²) < 4.78 is 4.73. The Kier molecular flexibility index (Phi) is 10.9. The highest BCUT2D eigenvalue weighted by molar-refractivity contribution is 9.10. The number of Topliss-reactive ketones (excluding diaryl/α,β-unsaturated/α-hetero) is 1. The van der Waals surface area contributed by atoms with Gasteiger partial charge in [0.15, 0.2) is 11.5 Å². The molecule has 15 heteroatoms. The van der Waals surface area contributed by atoms with Crippen molar-refractivity contribution in [3.05, 3.63) is 55.0 Å². The zero-order chi connectivity index (χ0) is 28.4. The van der Waals surface area contributed by atoms with Gasteiger partial charge in [-0.05, 0) is 54.9 Å². The number of rotatable bonds is 13. The van der Waals surface area contributed by atoms with Gasteiger partial charge in [-0.25, -0.2) is 0 Å². The Balaban J connectivity index is 2.39. The van der Waals surface area contributed by atoms with Crippen LogP contribution >= 0.6 is 15.9 Å². The largest absolute Gasteiger partial charge is 0.458 e. The third-order valence-corrected chi connectivity index (χ3v) is 5.67. The first-order valence-electron chi connectivity index (χ1n) is 11.3. The summed E-state index contributed by atoms with van der Waals surface area (Å²) in [5.41, 5.74) is -0.259. The lowest BCUT2D eigenvalue weighted by atomic mass is 10.2. The van der Waals surface area contributed by atoms with Crippen molar-refractivity contribution in [3.8, 4) is 0 Å². The highest BCUT2D eigenvalue weighted by Gasteiger charge is 2.23. The van der Waals surface area contributed by atoms with Crippen molar-refractivity contribution in [3.63, 3.8) is 0 Å². The number of nitro groups is 2. The molecule has 1 N–H and O–H groups in total. The Bertz CT molecular complexity index is 1280. The summed E-state index contributed by atoms with van der Waals surface area (Å²) in [6.07, 6.45) is -0.490. The molecule has 0 atom stereocenters. The van der Waals surface area contributed by atoms with Gasteiger partial charge in [-0.2, -0.15) is 0 Å². The van der Waals surface area contributed by atoms with E-state index in [1.54, 1.807) is 18.2 Å². The number of hydrogen-bond acceptors (Lipinski definition) is 11. The highest BCUT2D eigenvalue weighted by atomic mass is 79.9. The number of anilines is 2. The van der Waals surface area contributed by atoms with Crippen molar-refractivity contribution in [1.29, 1.82) is 0 Å². The topological polar surface area (TPSA) is 187 Å². The number of amides is 1. The summed E-state index contributed by atoms with van der Waals surface area (Å²) in [5, 5.41) is 33.3. The Morgan fingerprint density at radius 2 is 1.71 bits per heavy atom. The average molecular weight is 593 g/mol. The van der Waals surface area contributed by atoms with Crippen molar-refractivity contribution >= 4 is 67.7 Å². The molecule has 0 fully saturated rings. The first-order chi connectivity index (χ1) is 18.0. The summed E-state index contributed by atoms with van der Waals surface area (Å²) in [7, 11) is 0. The maximum Gasteiger partial charge on any atom is 0.306 e. The summed E-state index contributed by atoms with van der Waals surface area (Å²) >= 11 is 3.07. The minimum absolute atomic E-state index is 0.0171. The summed E-state index contributed by atoms with van der Waals surface area (Å²) in [4.78, 5) is 58.3. The smallest absolute Gasteiger partial charge is 0.306 e. The quantitative estimate of drug-likeness (QED) is 0.138. The van der Waals surface area contributed by atoms with E-state index in [-0.39, 0.29) is 46.8 Å². The first-order valence-corrected chi connectivity index (χ1v) is 12.1. The molecule has 2 aromatic rings. The van der Waals surface area contributed by atoms with E-state index < -0.39 is 33.1 Å². The fraction of sp³-hybridized carbons (Fsp3) is 0.348. The molecule has 0 unspecified atom stereocenters. The van der Waals surface area contributed by atoms with Crippen LogP contribution in [0.25, 0.3) is 0 Å². The van der Waals surface area contributed by atoms with Gasteiger partial charge < -0.3 is 15.0 Å². The van der Waals surface area contributed by atoms with E-state index >= 15 is 0 Å². The SMILES string of the molecule is CCN(CC)c1ccc(/N=N/c2c(Br)cc([N+](=O)[O-])cc2[N+](=O)[O-])c(NC(=O)CCC(=O)OCC(C)=O)c1. The third kappa shape index (κ3) is 8.40. The molecule has 1 amide bonds. The lowest BCUT2D eigenvalue weighted by Crippen LogP contribution is -2.22. The molecule has 0 saturated carbocycles. The number of ketones is 1. The van der Waals surface area contributed by atoms with E-state index in [2.05, 4.69) is 31.5 Å². The maximum atomic E-state index is 12.6. The van der Waals surface area contributed by atoms with Crippen molar-refractivity contribution in [1.82, 2.24) is 0 Å². The number of azo groups is 1. The molecule has 0 bridgehead atoms. The lowest BCUT2D eigenvalue weighted by Gasteiger charge is -2.22. The number of carbonyl (C=O) groups excluding carboxylic acids is 3. The van der Waals surface area contributed by atoms with Gasteiger partial charge in [0.2, 0.25) is 5.91 Å². The number of ether oxygens (including phenoxy) is 1. The van der Waals surface area contributed by atoms with E-state index in [0.29, 0.717) is 13.1 Å². The Morgan fingerprint density at radius 3 is 2.29 bits per heavy atom. The van der Waals surface area contributed by atoms with E-state index in [0.717, 1.165) is 17.8 Å². The number of nitrogens with one attached hydrogen (secondary N) is 1. The highest BCUT2D eigenvalue weighted by Crippen LogP contribution is 2.40. The second kappa shape index (κ2) is 13.9. The Labute approximate surface area is 225 Å².